The Kier molecular flexibility index (Phi) is 3.86. The van der Waals surface area contributed by atoms with Gasteiger partial charge in [0.15, 0.2) is 11.6 Å². The molecule has 2 N–H and O–H groups in total. The van der Waals surface area contributed by atoms with Crippen LogP contribution in [-0.2, 0) is 0 Å². The van der Waals surface area contributed by atoms with E-state index < -0.39 is 23.1 Å². The summed E-state index contributed by atoms with van der Waals surface area (Å²) in [6, 6.07) is 1.13. The van der Waals surface area contributed by atoms with Gasteiger partial charge in [0, 0.05) is 12.1 Å². The van der Waals surface area contributed by atoms with Crippen LogP contribution in [0.1, 0.15) is 44.9 Å². The molecule has 0 spiro atoms. The number of halogens is 3. The van der Waals surface area contributed by atoms with Gasteiger partial charge in [0.1, 0.15) is 5.82 Å². The summed E-state index contributed by atoms with van der Waals surface area (Å²) in [7, 11) is 0. The van der Waals surface area contributed by atoms with E-state index in [1.807, 2.05) is 0 Å². The molecular formula is C16H20F3NO. The van der Waals surface area contributed by atoms with E-state index in [1.165, 1.54) is 0 Å². The van der Waals surface area contributed by atoms with Gasteiger partial charge in [0.25, 0.3) is 0 Å². The lowest BCUT2D eigenvalue weighted by Gasteiger charge is -2.49. The Balaban J connectivity index is 1.86. The zero-order chi connectivity index (χ0) is 15.0. The van der Waals surface area contributed by atoms with Crippen molar-refractivity contribution in [2.45, 2.75) is 56.6 Å². The maximum atomic E-state index is 13.8. The molecule has 0 radical (unpaired) electrons. The lowest BCUT2D eigenvalue weighted by Crippen LogP contribution is -2.56. The van der Waals surface area contributed by atoms with E-state index in [2.05, 4.69) is 5.32 Å². The van der Waals surface area contributed by atoms with Crippen LogP contribution in [0.5, 0.6) is 0 Å². The van der Waals surface area contributed by atoms with Gasteiger partial charge < -0.3 is 10.4 Å². The SMILES string of the molecule is O[C@]12CCCC[C@@H]1CCCC2Nc1cc(F)cc(F)c1F. The maximum Gasteiger partial charge on any atom is 0.182 e. The second-order valence-corrected chi connectivity index (χ2v) is 6.31. The lowest BCUT2D eigenvalue weighted by molar-refractivity contribution is -0.0835. The zero-order valence-electron chi connectivity index (χ0n) is 11.8. The zero-order valence-corrected chi connectivity index (χ0v) is 11.8. The first kappa shape index (κ1) is 14.7. The molecule has 3 atom stereocenters. The third kappa shape index (κ3) is 2.63. The first-order valence-corrected chi connectivity index (χ1v) is 7.64. The van der Waals surface area contributed by atoms with E-state index in [0.29, 0.717) is 18.9 Å². The van der Waals surface area contributed by atoms with Gasteiger partial charge in [-0.15, -0.1) is 0 Å². The third-order valence-corrected chi connectivity index (χ3v) is 5.06. The van der Waals surface area contributed by atoms with Gasteiger partial charge in [0.2, 0.25) is 0 Å². The molecule has 2 saturated carbocycles. The number of fused-ring (bicyclic) bond motifs is 1. The van der Waals surface area contributed by atoms with Crippen LogP contribution in [0.2, 0.25) is 0 Å². The first-order chi connectivity index (χ1) is 10.0. The molecule has 116 valence electrons. The summed E-state index contributed by atoms with van der Waals surface area (Å²) in [5.74, 6) is -2.92. The van der Waals surface area contributed by atoms with Crippen LogP contribution in [-0.4, -0.2) is 16.7 Å². The van der Waals surface area contributed by atoms with Crippen molar-refractivity contribution in [2.24, 2.45) is 5.92 Å². The molecule has 2 aliphatic rings. The van der Waals surface area contributed by atoms with Gasteiger partial charge in [-0.25, -0.2) is 13.2 Å². The highest BCUT2D eigenvalue weighted by Crippen LogP contribution is 2.45. The number of hydrogen-bond donors (Lipinski definition) is 2. The summed E-state index contributed by atoms with van der Waals surface area (Å²) in [4.78, 5) is 0. The first-order valence-electron chi connectivity index (χ1n) is 7.64. The average Bonchev–Trinajstić information content (AvgIpc) is 2.45. The minimum Gasteiger partial charge on any atom is -0.387 e. The Hall–Kier alpha value is -1.23. The number of anilines is 1. The van der Waals surface area contributed by atoms with Crippen LogP contribution in [0, 0.1) is 23.4 Å². The van der Waals surface area contributed by atoms with E-state index in [0.717, 1.165) is 38.2 Å². The van der Waals surface area contributed by atoms with Crippen LogP contribution >= 0.6 is 0 Å². The summed E-state index contributed by atoms with van der Waals surface area (Å²) in [5.41, 5.74) is -1.09. The highest BCUT2D eigenvalue weighted by atomic mass is 19.2. The number of rotatable bonds is 2. The fourth-order valence-electron chi connectivity index (χ4n) is 3.97. The molecule has 1 aromatic carbocycles. The highest BCUT2D eigenvalue weighted by Gasteiger charge is 2.47. The number of benzene rings is 1. The predicted octanol–water partition coefficient (Wildman–Crippen LogP) is 3.99. The molecule has 3 rings (SSSR count). The van der Waals surface area contributed by atoms with Crippen molar-refractivity contribution in [2.75, 3.05) is 5.32 Å². The molecule has 2 fully saturated rings. The van der Waals surface area contributed by atoms with Gasteiger partial charge >= 0.3 is 0 Å². The van der Waals surface area contributed by atoms with E-state index in [4.69, 9.17) is 0 Å². The average molecular weight is 299 g/mol. The van der Waals surface area contributed by atoms with Gasteiger partial charge in [-0.2, -0.15) is 0 Å². The molecule has 0 aromatic heterocycles. The molecule has 0 aliphatic heterocycles. The molecular weight excluding hydrogens is 279 g/mol. The molecule has 2 aliphatic carbocycles. The monoisotopic (exact) mass is 299 g/mol. The second kappa shape index (κ2) is 5.52. The molecule has 2 nitrogen and oxygen atoms in total. The number of aliphatic hydroxyl groups is 1. The molecule has 1 aromatic rings. The largest absolute Gasteiger partial charge is 0.387 e. The topological polar surface area (TPSA) is 32.3 Å². The maximum absolute atomic E-state index is 13.8. The smallest absolute Gasteiger partial charge is 0.182 e. The molecule has 21 heavy (non-hydrogen) atoms. The Bertz CT molecular complexity index is 534. The standard InChI is InChI=1S/C16H20F3NO/c17-11-8-12(18)15(19)13(9-11)20-14-6-3-5-10-4-1-2-7-16(10,14)21/h8-10,14,20-21H,1-7H2/t10-,14?,16-/m1/s1. The Morgan fingerprint density at radius 1 is 1.05 bits per heavy atom. The van der Waals surface area contributed by atoms with Crippen LogP contribution < -0.4 is 5.32 Å². The normalized spacial score (nSPS) is 32.6. The van der Waals surface area contributed by atoms with Crippen LogP contribution in [0.3, 0.4) is 0 Å². The summed E-state index contributed by atoms with van der Waals surface area (Å²) in [6.45, 7) is 0. The minimum atomic E-state index is -1.21. The van der Waals surface area contributed by atoms with E-state index in [-0.39, 0.29) is 17.6 Å². The minimum absolute atomic E-state index is 0.193. The van der Waals surface area contributed by atoms with Crippen LogP contribution in [0.25, 0.3) is 0 Å². The van der Waals surface area contributed by atoms with Crippen molar-refractivity contribution >= 4 is 5.69 Å². The van der Waals surface area contributed by atoms with E-state index in [1.54, 1.807) is 0 Å². The van der Waals surface area contributed by atoms with Gasteiger partial charge in [-0.3, -0.25) is 0 Å². The van der Waals surface area contributed by atoms with Gasteiger partial charge in [0.05, 0.1) is 17.3 Å². The molecule has 1 unspecified atom stereocenters. The quantitative estimate of drug-likeness (QED) is 0.809. The van der Waals surface area contributed by atoms with Crippen molar-refractivity contribution in [1.29, 1.82) is 0 Å². The molecule has 0 heterocycles. The molecule has 5 heteroatoms. The van der Waals surface area contributed by atoms with Crippen molar-refractivity contribution in [1.82, 2.24) is 0 Å². The highest BCUT2D eigenvalue weighted by molar-refractivity contribution is 5.47. The Labute approximate surface area is 122 Å². The van der Waals surface area contributed by atoms with Crippen molar-refractivity contribution in [3.63, 3.8) is 0 Å². The summed E-state index contributed by atoms with van der Waals surface area (Å²) in [5, 5.41) is 13.8. The number of hydrogen-bond acceptors (Lipinski definition) is 2. The fraction of sp³-hybridized carbons (Fsp3) is 0.625. The van der Waals surface area contributed by atoms with Crippen molar-refractivity contribution in [3.05, 3.63) is 29.6 Å². The Morgan fingerprint density at radius 3 is 2.62 bits per heavy atom. The van der Waals surface area contributed by atoms with E-state index >= 15 is 0 Å². The lowest BCUT2D eigenvalue weighted by atomic mass is 9.65. The summed E-state index contributed by atoms with van der Waals surface area (Å²) >= 11 is 0. The van der Waals surface area contributed by atoms with Crippen molar-refractivity contribution < 1.29 is 18.3 Å². The molecule has 0 amide bonds. The van der Waals surface area contributed by atoms with Crippen molar-refractivity contribution in [3.8, 4) is 0 Å². The summed E-state index contributed by atoms with van der Waals surface area (Å²) < 4.78 is 40.4. The second-order valence-electron chi connectivity index (χ2n) is 6.31. The molecule has 0 saturated heterocycles. The Morgan fingerprint density at radius 2 is 1.81 bits per heavy atom. The van der Waals surface area contributed by atoms with Crippen LogP contribution in [0.15, 0.2) is 12.1 Å². The third-order valence-electron chi connectivity index (χ3n) is 5.06. The number of nitrogens with one attached hydrogen (secondary N) is 1. The molecule has 0 bridgehead atoms. The fourth-order valence-corrected chi connectivity index (χ4v) is 3.97. The predicted molar refractivity (Wildman–Crippen MR) is 74.5 cm³/mol. The van der Waals surface area contributed by atoms with Gasteiger partial charge in [-0.1, -0.05) is 19.3 Å². The van der Waals surface area contributed by atoms with E-state index in [9.17, 15) is 18.3 Å². The summed E-state index contributed by atoms with van der Waals surface area (Å²) in [6.07, 6.45) is 6.25. The van der Waals surface area contributed by atoms with Gasteiger partial charge in [-0.05, 0) is 31.6 Å². The van der Waals surface area contributed by atoms with Crippen LogP contribution in [0.4, 0.5) is 18.9 Å².